The van der Waals surface area contributed by atoms with E-state index in [1.165, 1.54) is 38.8 Å². The van der Waals surface area contributed by atoms with Gasteiger partial charge in [0.2, 0.25) is 0 Å². The molecule has 0 spiro atoms. The molecular weight excluding hydrogens is 122 g/mol. The molecule has 0 fully saturated rings. The zero-order valence-corrected chi connectivity index (χ0v) is 6.84. The predicted octanol–water partition coefficient (Wildman–Crippen LogP) is 2.64. The van der Waals surface area contributed by atoms with Crippen molar-refractivity contribution in [3.63, 3.8) is 0 Å². The van der Waals surface area contributed by atoms with Gasteiger partial charge in [-0.2, -0.15) is 0 Å². The van der Waals surface area contributed by atoms with E-state index in [9.17, 15) is 0 Å². The van der Waals surface area contributed by atoms with Gasteiger partial charge in [0.05, 0.1) is 0 Å². The molecule has 1 heteroatoms. The summed E-state index contributed by atoms with van der Waals surface area (Å²) in [7, 11) is 0. The molecule has 1 heterocycles. The SMILES string of the molecule is CCCCCN1C=CCC1.[HH]. The van der Waals surface area contributed by atoms with Crippen LogP contribution in [0.3, 0.4) is 0 Å². The highest BCUT2D eigenvalue weighted by atomic mass is 15.1. The lowest BCUT2D eigenvalue weighted by Crippen LogP contribution is -2.15. The standard InChI is InChI=1S/C9H17N.H2/c1-2-3-4-7-10-8-5-6-9-10;/h5,8H,2-4,6-7,9H2,1H3;1H. The van der Waals surface area contributed by atoms with Crippen LogP contribution in [0, 0.1) is 0 Å². The van der Waals surface area contributed by atoms with E-state index in [1.54, 1.807) is 0 Å². The maximum atomic E-state index is 2.41. The van der Waals surface area contributed by atoms with Crippen molar-refractivity contribution in [1.82, 2.24) is 4.90 Å². The smallest absolute Gasteiger partial charge is 0.0207 e. The number of hydrogen-bond acceptors (Lipinski definition) is 1. The average molecular weight is 141 g/mol. The van der Waals surface area contributed by atoms with E-state index < -0.39 is 0 Å². The fraction of sp³-hybridized carbons (Fsp3) is 0.778. The average Bonchev–Trinajstić information content (AvgIpc) is 2.41. The van der Waals surface area contributed by atoms with Crippen LogP contribution in [-0.2, 0) is 0 Å². The quantitative estimate of drug-likeness (QED) is 0.544. The lowest BCUT2D eigenvalue weighted by Gasteiger charge is -2.13. The Kier molecular flexibility index (Phi) is 3.34. The van der Waals surface area contributed by atoms with Gasteiger partial charge in [-0.05, 0) is 19.0 Å². The van der Waals surface area contributed by atoms with Gasteiger partial charge in [0.1, 0.15) is 0 Å². The monoisotopic (exact) mass is 141 g/mol. The summed E-state index contributed by atoms with van der Waals surface area (Å²) in [6.45, 7) is 4.77. The molecule has 0 saturated carbocycles. The topological polar surface area (TPSA) is 3.24 Å². The summed E-state index contributed by atoms with van der Waals surface area (Å²) < 4.78 is 0. The zero-order chi connectivity index (χ0) is 7.23. The van der Waals surface area contributed by atoms with E-state index in [1.807, 2.05) is 0 Å². The molecule has 0 aromatic carbocycles. The zero-order valence-electron chi connectivity index (χ0n) is 6.84. The first-order chi connectivity index (χ1) is 4.93. The van der Waals surface area contributed by atoms with Gasteiger partial charge in [-0.1, -0.05) is 25.8 Å². The first-order valence-electron chi connectivity index (χ1n) is 4.34. The lowest BCUT2D eigenvalue weighted by atomic mass is 10.2. The van der Waals surface area contributed by atoms with Gasteiger partial charge in [0, 0.05) is 14.5 Å². The molecule has 0 aromatic heterocycles. The van der Waals surface area contributed by atoms with Crippen molar-refractivity contribution >= 4 is 0 Å². The Morgan fingerprint density at radius 3 is 3.00 bits per heavy atom. The van der Waals surface area contributed by atoms with Crippen molar-refractivity contribution in [2.45, 2.75) is 32.6 Å². The van der Waals surface area contributed by atoms with Crippen LogP contribution in [0.5, 0.6) is 0 Å². The predicted molar refractivity (Wildman–Crippen MR) is 47.0 cm³/mol. The second-order valence-corrected chi connectivity index (χ2v) is 2.92. The Morgan fingerprint density at radius 2 is 2.40 bits per heavy atom. The highest BCUT2D eigenvalue weighted by molar-refractivity contribution is 4.90. The summed E-state index contributed by atoms with van der Waals surface area (Å²) in [6.07, 6.45) is 9.82. The van der Waals surface area contributed by atoms with Gasteiger partial charge in [0.25, 0.3) is 0 Å². The summed E-state index contributed by atoms with van der Waals surface area (Å²) in [6, 6.07) is 0. The van der Waals surface area contributed by atoms with Crippen LogP contribution in [0.1, 0.15) is 34.0 Å². The maximum absolute atomic E-state index is 2.41. The third kappa shape index (κ3) is 2.42. The molecule has 60 valence electrons. The minimum atomic E-state index is 0. The lowest BCUT2D eigenvalue weighted by molar-refractivity contribution is 0.392. The van der Waals surface area contributed by atoms with E-state index in [2.05, 4.69) is 24.1 Å². The molecule has 0 aromatic rings. The van der Waals surface area contributed by atoms with Gasteiger partial charge in [-0.15, -0.1) is 0 Å². The van der Waals surface area contributed by atoms with E-state index in [0.717, 1.165) is 0 Å². The van der Waals surface area contributed by atoms with Crippen molar-refractivity contribution in [1.29, 1.82) is 0 Å². The third-order valence-corrected chi connectivity index (χ3v) is 1.95. The minimum absolute atomic E-state index is 0. The third-order valence-electron chi connectivity index (χ3n) is 1.95. The molecule has 0 radical (unpaired) electrons. The fourth-order valence-corrected chi connectivity index (χ4v) is 1.29. The molecule has 0 unspecified atom stereocenters. The van der Waals surface area contributed by atoms with E-state index >= 15 is 0 Å². The molecule has 0 amide bonds. The van der Waals surface area contributed by atoms with Crippen LogP contribution < -0.4 is 0 Å². The van der Waals surface area contributed by atoms with Crippen molar-refractivity contribution in [2.24, 2.45) is 0 Å². The van der Waals surface area contributed by atoms with Crippen molar-refractivity contribution in [3.05, 3.63) is 12.3 Å². The molecule has 0 aliphatic carbocycles. The molecule has 1 rings (SSSR count). The van der Waals surface area contributed by atoms with Crippen LogP contribution in [0.25, 0.3) is 0 Å². The molecular formula is C9H19N. The number of rotatable bonds is 4. The first kappa shape index (κ1) is 7.64. The normalized spacial score (nSPS) is 16.7. The van der Waals surface area contributed by atoms with Crippen LogP contribution in [0.2, 0.25) is 0 Å². The van der Waals surface area contributed by atoms with E-state index in [4.69, 9.17) is 0 Å². The minimum Gasteiger partial charge on any atom is -0.377 e. The van der Waals surface area contributed by atoms with E-state index in [-0.39, 0.29) is 1.43 Å². The van der Waals surface area contributed by atoms with Crippen LogP contribution in [0.4, 0.5) is 0 Å². The molecule has 1 aliphatic rings. The Labute approximate surface area is 65.2 Å². The van der Waals surface area contributed by atoms with Gasteiger partial charge in [0.15, 0.2) is 0 Å². The highest BCUT2D eigenvalue weighted by Crippen LogP contribution is 2.05. The molecule has 1 nitrogen and oxygen atoms in total. The Hall–Kier alpha value is -0.460. The van der Waals surface area contributed by atoms with Gasteiger partial charge >= 0.3 is 0 Å². The summed E-state index contributed by atoms with van der Waals surface area (Å²) in [4.78, 5) is 2.41. The van der Waals surface area contributed by atoms with Crippen molar-refractivity contribution in [3.8, 4) is 0 Å². The summed E-state index contributed by atoms with van der Waals surface area (Å²) >= 11 is 0. The van der Waals surface area contributed by atoms with Crippen molar-refractivity contribution in [2.75, 3.05) is 13.1 Å². The molecule has 1 aliphatic heterocycles. The fourth-order valence-electron chi connectivity index (χ4n) is 1.29. The molecule has 0 saturated heterocycles. The number of nitrogens with zero attached hydrogens (tertiary/aromatic N) is 1. The summed E-state index contributed by atoms with van der Waals surface area (Å²) in [5, 5.41) is 0. The Bertz CT molecular complexity index is 112. The van der Waals surface area contributed by atoms with Gasteiger partial charge in [-0.3, -0.25) is 0 Å². The van der Waals surface area contributed by atoms with Crippen LogP contribution in [-0.4, -0.2) is 18.0 Å². The second kappa shape index (κ2) is 4.37. The van der Waals surface area contributed by atoms with E-state index in [0.29, 0.717) is 0 Å². The van der Waals surface area contributed by atoms with Crippen LogP contribution in [0.15, 0.2) is 12.3 Å². The Morgan fingerprint density at radius 1 is 1.50 bits per heavy atom. The highest BCUT2D eigenvalue weighted by Gasteiger charge is 2.01. The Balaban J connectivity index is 0.000001000. The molecule has 0 bridgehead atoms. The van der Waals surface area contributed by atoms with Crippen LogP contribution >= 0.6 is 0 Å². The number of hydrogen-bond donors (Lipinski definition) is 0. The van der Waals surface area contributed by atoms with Gasteiger partial charge in [-0.25, -0.2) is 0 Å². The number of unbranched alkanes of at least 4 members (excludes halogenated alkanes) is 2. The maximum Gasteiger partial charge on any atom is 0.0207 e. The largest absolute Gasteiger partial charge is 0.377 e. The molecule has 0 atom stereocenters. The van der Waals surface area contributed by atoms with Crippen molar-refractivity contribution < 1.29 is 1.43 Å². The first-order valence-corrected chi connectivity index (χ1v) is 4.34. The van der Waals surface area contributed by atoms with Gasteiger partial charge < -0.3 is 4.90 Å². The summed E-state index contributed by atoms with van der Waals surface area (Å²) in [5.41, 5.74) is 0. The summed E-state index contributed by atoms with van der Waals surface area (Å²) in [5.74, 6) is 0. The molecule has 0 N–H and O–H groups in total. The molecule has 10 heavy (non-hydrogen) atoms. The second-order valence-electron chi connectivity index (χ2n) is 2.92.